The summed E-state index contributed by atoms with van der Waals surface area (Å²) in [7, 11) is 1.68. The number of imidazole rings is 1. The number of rotatable bonds is 18. The van der Waals surface area contributed by atoms with Gasteiger partial charge in [-0.3, -0.25) is 4.57 Å². The lowest BCUT2D eigenvalue weighted by molar-refractivity contribution is -0.0912. The van der Waals surface area contributed by atoms with Crippen molar-refractivity contribution >= 4 is 31.3 Å². The summed E-state index contributed by atoms with van der Waals surface area (Å²) in [6.07, 6.45) is 2.28. The molecule has 0 aliphatic carbocycles. The monoisotopic (exact) mass is 864 g/mol. The van der Waals surface area contributed by atoms with Crippen LogP contribution in [-0.2, 0) is 28.9 Å². The Morgan fingerprint density at radius 3 is 2.13 bits per heavy atom. The number of fused-ring (bicyclic) bond motifs is 1. The Balaban J connectivity index is 1.29. The van der Waals surface area contributed by atoms with Crippen LogP contribution in [0.25, 0.3) is 11.2 Å². The van der Waals surface area contributed by atoms with Crippen molar-refractivity contribution in [2.24, 2.45) is 4.99 Å². The third-order valence-electron chi connectivity index (χ3n) is 11.1. The molecular formula is C46H57N8O7P. The molecule has 4 atom stereocenters. The summed E-state index contributed by atoms with van der Waals surface area (Å²) < 4.78 is 48.8. The van der Waals surface area contributed by atoms with E-state index in [0.29, 0.717) is 36.6 Å². The summed E-state index contributed by atoms with van der Waals surface area (Å²) in [5.41, 5.74) is 2.78. The van der Waals surface area contributed by atoms with Crippen LogP contribution in [0, 0.1) is 11.3 Å². The molecule has 62 heavy (non-hydrogen) atoms. The molecule has 0 amide bonds. The van der Waals surface area contributed by atoms with E-state index < -0.39 is 32.6 Å². The molecule has 0 saturated carbocycles. The highest BCUT2D eigenvalue weighted by Gasteiger charge is 2.45. The Morgan fingerprint density at radius 2 is 1.53 bits per heavy atom. The molecule has 0 N–H and O–H groups in total. The topological polar surface area (TPSA) is 151 Å². The van der Waals surface area contributed by atoms with Crippen molar-refractivity contribution in [3.63, 3.8) is 0 Å². The maximum absolute atomic E-state index is 9.45. The largest absolute Gasteiger partial charge is 0.497 e. The number of hydrogen-bond acceptors (Lipinski definition) is 13. The van der Waals surface area contributed by atoms with E-state index in [0.717, 1.165) is 47.1 Å². The van der Waals surface area contributed by atoms with Gasteiger partial charge in [0.15, 0.2) is 17.0 Å². The van der Waals surface area contributed by atoms with E-state index in [1.54, 1.807) is 20.5 Å². The second kappa shape index (κ2) is 20.9. The van der Waals surface area contributed by atoms with Crippen molar-refractivity contribution < 1.29 is 32.7 Å². The normalized spacial score (nSPS) is 19.1. The molecule has 0 spiro atoms. The first-order chi connectivity index (χ1) is 30.2. The van der Waals surface area contributed by atoms with Gasteiger partial charge in [-0.05, 0) is 75.6 Å². The Bertz CT molecular complexity index is 2210. The highest BCUT2D eigenvalue weighted by molar-refractivity contribution is 7.44. The SMILES string of the molecule is COc1ccc(C(OC[C@H]2O[C@@H](n3cnc4c(/N=C(/C)N5CCOCC5)ncnc43)C[C@H]2OP(OCCC#N)N(C(C)C)C(C)C)(c2ccccc2)c2ccc(OC)cc2)cc1. The third kappa shape index (κ3) is 9.93. The highest BCUT2D eigenvalue weighted by Crippen LogP contribution is 2.51. The van der Waals surface area contributed by atoms with E-state index in [1.165, 1.54) is 6.33 Å². The number of nitriles is 1. The minimum Gasteiger partial charge on any atom is -0.497 e. The van der Waals surface area contributed by atoms with Crippen LogP contribution in [0.2, 0.25) is 0 Å². The summed E-state index contributed by atoms with van der Waals surface area (Å²) >= 11 is 0. The maximum Gasteiger partial charge on any atom is 0.259 e. The number of aliphatic imine (C=N–C) groups is 1. The summed E-state index contributed by atoms with van der Waals surface area (Å²) in [6.45, 7) is 13.6. The van der Waals surface area contributed by atoms with Gasteiger partial charge < -0.3 is 37.6 Å². The number of morpholine rings is 1. The molecule has 2 aliphatic heterocycles. The molecule has 328 valence electrons. The molecule has 2 aromatic heterocycles. The van der Waals surface area contributed by atoms with E-state index in [-0.39, 0.29) is 31.7 Å². The molecule has 2 fully saturated rings. The van der Waals surface area contributed by atoms with E-state index in [2.05, 4.69) is 65.4 Å². The van der Waals surface area contributed by atoms with E-state index in [9.17, 15) is 5.26 Å². The van der Waals surface area contributed by atoms with E-state index in [1.807, 2.05) is 78.2 Å². The van der Waals surface area contributed by atoms with Gasteiger partial charge in [0.25, 0.3) is 8.53 Å². The number of nitrogens with zero attached hydrogens (tertiary/aromatic N) is 8. The van der Waals surface area contributed by atoms with Gasteiger partial charge in [-0.2, -0.15) is 5.26 Å². The quantitative estimate of drug-likeness (QED) is 0.0274. The lowest BCUT2D eigenvalue weighted by atomic mass is 9.80. The number of benzene rings is 3. The van der Waals surface area contributed by atoms with Gasteiger partial charge in [0, 0.05) is 31.6 Å². The van der Waals surface area contributed by atoms with Gasteiger partial charge in [0.05, 0.1) is 65.6 Å². The number of hydrogen-bond donors (Lipinski definition) is 0. The lowest BCUT2D eigenvalue weighted by Crippen LogP contribution is -2.39. The van der Waals surface area contributed by atoms with Gasteiger partial charge in [0.2, 0.25) is 0 Å². The summed E-state index contributed by atoms with van der Waals surface area (Å²) in [5, 5.41) is 9.45. The van der Waals surface area contributed by atoms with Gasteiger partial charge in [0.1, 0.15) is 41.6 Å². The smallest absolute Gasteiger partial charge is 0.259 e. The first kappa shape index (κ1) is 45.0. The predicted octanol–water partition coefficient (Wildman–Crippen LogP) is 8.18. The van der Waals surface area contributed by atoms with Crippen LogP contribution in [0.4, 0.5) is 5.82 Å². The summed E-state index contributed by atoms with van der Waals surface area (Å²) in [5.74, 6) is 2.78. The summed E-state index contributed by atoms with van der Waals surface area (Å²) in [6, 6.07) is 28.5. The second-order valence-electron chi connectivity index (χ2n) is 15.7. The molecule has 7 rings (SSSR count). The fourth-order valence-electron chi connectivity index (χ4n) is 8.07. The van der Waals surface area contributed by atoms with E-state index >= 15 is 0 Å². The van der Waals surface area contributed by atoms with Crippen LogP contribution in [0.3, 0.4) is 0 Å². The van der Waals surface area contributed by atoms with Crippen LogP contribution in [0.1, 0.15) is 70.4 Å². The molecule has 5 aromatic rings. The van der Waals surface area contributed by atoms with E-state index in [4.69, 9.17) is 42.7 Å². The Hall–Kier alpha value is -5.04. The fraction of sp³-hybridized carbons (Fsp3) is 0.457. The lowest BCUT2D eigenvalue weighted by Gasteiger charge is -2.39. The van der Waals surface area contributed by atoms with Crippen LogP contribution in [0.15, 0.2) is 96.5 Å². The Morgan fingerprint density at radius 1 is 0.903 bits per heavy atom. The molecule has 2 aliphatic rings. The minimum absolute atomic E-state index is 0.0982. The second-order valence-corrected chi connectivity index (χ2v) is 17.1. The van der Waals surface area contributed by atoms with Crippen molar-refractivity contribution in [1.82, 2.24) is 29.1 Å². The van der Waals surface area contributed by atoms with Crippen molar-refractivity contribution in [2.75, 3.05) is 53.7 Å². The first-order valence-electron chi connectivity index (χ1n) is 21.1. The molecule has 15 nitrogen and oxygen atoms in total. The average molecular weight is 865 g/mol. The molecule has 0 bridgehead atoms. The van der Waals surface area contributed by atoms with Crippen LogP contribution >= 0.6 is 8.53 Å². The maximum atomic E-state index is 9.45. The highest BCUT2D eigenvalue weighted by atomic mass is 31.2. The molecule has 2 saturated heterocycles. The van der Waals surface area contributed by atoms with Crippen LogP contribution < -0.4 is 9.47 Å². The Labute approximate surface area is 365 Å². The predicted molar refractivity (Wildman–Crippen MR) is 237 cm³/mol. The fourth-order valence-corrected chi connectivity index (χ4v) is 9.83. The average Bonchev–Trinajstić information content (AvgIpc) is 3.92. The zero-order valence-corrected chi connectivity index (χ0v) is 37.5. The van der Waals surface area contributed by atoms with Gasteiger partial charge >= 0.3 is 0 Å². The first-order valence-corrected chi connectivity index (χ1v) is 22.2. The summed E-state index contributed by atoms with van der Waals surface area (Å²) in [4.78, 5) is 21.1. The molecular weight excluding hydrogens is 808 g/mol. The van der Waals surface area contributed by atoms with Gasteiger partial charge in [-0.15, -0.1) is 0 Å². The van der Waals surface area contributed by atoms with Crippen molar-refractivity contribution in [3.05, 3.63) is 108 Å². The minimum atomic E-state index is -1.63. The molecule has 4 heterocycles. The van der Waals surface area contributed by atoms with Crippen LogP contribution in [-0.4, -0.2) is 113 Å². The molecule has 16 heteroatoms. The number of ether oxygens (including phenoxy) is 5. The number of methoxy groups -OCH3 is 2. The van der Waals surface area contributed by atoms with Crippen molar-refractivity contribution in [2.45, 2.75) is 83.6 Å². The number of amidine groups is 1. The molecule has 3 aromatic carbocycles. The van der Waals surface area contributed by atoms with Crippen molar-refractivity contribution in [1.29, 1.82) is 5.26 Å². The van der Waals surface area contributed by atoms with Crippen LogP contribution in [0.5, 0.6) is 11.5 Å². The molecule has 0 radical (unpaired) electrons. The van der Waals surface area contributed by atoms with Gasteiger partial charge in [-0.25, -0.2) is 24.6 Å². The zero-order chi connectivity index (χ0) is 43.6. The van der Waals surface area contributed by atoms with Gasteiger partial charge in [-0.1, -0.05) is 54.6 Å². The van der Waals surface area contributed by atoms with Crippen molar-refractivity contribution in [3.8, 4) is 17.6 Å². The Kier molecular flexibility index (Phi) is 15.2. The molecule has 1 unspecified atom stereocenters. The zero-order valence-electron chi connectivity index (χ0n) is 36.6. The number of aromatic nitrogens is 4. The standard InChI is InChI=1S/C46H57N8O7P/c1-32(2)54(33(3)4)62(59-25-11-22-47)61-40-28-42(53-31-50-43-44(48-30-49-45(43)53)51-34(5)52-23-26-57-27-24-52)60-41(40)29-58-46(35-12-9-8-10-13-35,36-14-18-38(55-6)19-15-36)37-16-20-39(56-7)21-17-37/h8-10,12-21,30-33,40-42H,11,23-29H2,1-7H3/b51-34-/t40-,41-,42-,62?/m1/s1. The third-order valence-corrected chi connectivity index (χ3v) is 13.2.